The van der Waals surface area contributed by atoms with Crippen molar-refractivity contribution in [1.29, 1.82) is 0 Å². The summed E-state index contributed by atoms with van der Waals surface area (Å²) < 4.78 is 2.07. The Kier molecular flexibility index (Phi) is 4.22. The number of rotatable bonds is 4. The van der Waals surface area contributed by atoms with Gasteiger partial charge in [0.1, 0.15) is 11.7 Å². The van der Waals surface area contributed by atoms with Crippen LogP contribution in [-0.4, -0.2) is 21.3 Å². The lowest BCUT2D eigenvalue weighted by atomic mass is 10.2. The van der Waals surface area contributed by atoms with Gasteiger partial charge in [-0.1, -0.05) is 13.8 Å². The highest BCUT2D eigenvalue weighted by atomic mass is 35.5. The number of amidine groups is 1. The number of imidazole rings is 1. The zero-order valence-electron chi connectivity index (χ0n) is 11.0. The van der Waals surface area contributed by atoms with Crippen LogP contribution in [0.15, 0.2) is 41.7 Å². The van der Waals surface area contributed by atoms with Crippen LogP contribution in [0.2, 0.25) is 0 Å². The van der Waals surface area contributed by atoms with Crippen molar-refractivity contribution in [3.8, 4) is 5.69 Å². The third kappa shape index (κ3) is 3.15. The highest BCUT2D eigenvalue weighted by Gasteiger charge is 2.08. The smallest absolute Gasteiger partial charge is 0.115 e. The number of hydrogen-bond acceptors (Lipinski definition) is 2. The maximum absolute atomic E-state index is 5.60. The second kappa shape index (κ2) is 5.89. The van der Waals surface area contributed by atoms with Crippen molar-refractivity contribution in [2.75, 3.05) is 5.88 Å². The Morgan fingerprint density at radius 2 is 2.05 bits per heavy atom. The molecule has 0 spiro atoms. The molecule has 2 N–H and O–H groups in total. The van der Waals surface area contributed by atoms with Crippen LogP contribution in [0.5, 0.6) is 0 Å². The first-order chi connectivity index (χ1) is 9.11. The third-order valence-corrected chi connectivity index (χ3v) is 3.00. The second-order valence-corrected chi connectivity index (χ2v) is 4.83. The van der Waals surface area contributed by atoms with Crippen molar-refractivity contribution in [3.63, 3.8) is 0 Å². The predicted octanol–water partition coefficient (Wildman–Crippen LogP) is 3.22. The molecule has 0 saturated heterocycles. The van der Waals surface area contributed by atoms with Gasteiger partial charge in [-0.05, 0) is 24.3 Å². The Bertz CT molecular complexity index is 569. The summed E-state index contributed by atoms with van der Waals surface area (Å²) >= 11 is 5.60. The number of aromatic nitrogens is 2. The monoisotopic (exact) mass is 276 g/mol. The third-order valence-electron chi connectivity index (χ3n) is 2.72. The highest BCUT2D eigenvalue weighted by molar-refractivity contribution is 6.28. The number of aliphatic imine (C=N–C) groups is 1. The molecule has 0 aliphatic rings. The minimum atomic E-state index is 0.237. The van der Waals surface area contributed by atoms with Crippen molar-refractivity contribution in [3.05, 3.63) is 42.5 Å². The topological polar surface area (TPSA) is 56.2 Å². The molecule has 2 rings (SSSR count). The van der Waals surface area contributed by atoms with Gasteiger partial charge in [0, 0.05) is 24.0 Å². The molecule has 0 atom stereocenters. The maximum atomic E-state index is 5.60. The van der Waals surface area contributed by atoms with Crippen molar-refractivity contribution in [1.82, 2.24) is 9.55 Å². The van der Waals surface area contributed by atoms with Crippen LogP contribution in [0.1, 0.15) is 25.6 Å². The molecule has 0 radical (unpaired) electrons. The summed E-state index contributed by atoms with van der Waals surface area (Å²) in [7, 11) is 0. The Balaban J connectivity index is 2.30. The van der Waals surface area contributed by atoms with Gasteiger partial charge in [0.2, 0.25) is 0 Å². The first kappa shape index (κ1) is 13.6. The lowest BCUT2D eigenvalue weighted by Crippen LogP contribution is -2.12. The Labute approximate surface area is 117 Å². The molecule has 1 aromatic carbocycles. The van der Waals surface area contributed by atoms with E-state index in [-0.39, 0.29) is 5.88 Å². The highest BCUT2D eigenvalue weighted by Crippen LogP contribution is 2.20. The van der Waals surface area contributed by atoms with E-state index in [0.29, 0.717) is 11.8 Å². The van der Waals surface area contributed by atoms with Gasteiger partial charge in [-0.2, -0.15) is 0 Å². The molecule has 1 heterocycles. The number of alkyl halides is 1. The van der Waals surface area contributed by atoms with Crippen molar-refractivity contribution in [2.45, 2.75) is 19.8 Å². The normalized spacial score (nSPS) is 12.1. The quantitative estimate of drug-likeness (QED) is 0.529. The van der Waals surface area contributed by atoms with E-state index in [2.05, 4.69) is 28.4 Å². The van der Waals surface area contributed by atoms with Gasteiger partial charge < -0.3 is 10.3 Å². The first-order valence-electron chi connectivity index (χ1n) is 6.14. The lowest BCUT2D eigenvalue weighted by Gasteiger charge is -2.10. The zero-order chi connectivity index (χ0) is 13.8. The molecule has 0 aliphatic heterocycles. The molecule has 19 heavy (non-hydrogen) atoms. The van der Waals surface area contributed by atoms with Gasteiger partial charge in [0.05, 0.1) is 11.6 Å². The van der Waals surface area contributed by atoms with Crippen LogP contribution in [0.3, 0.4) is 0 Å². The van der Waals surface area contributed by atoms with E-state index in [4.69, 9.17) is 17.3 Å². The Morgan fingerprint density at radius 1 is 1.37 bits per heavy atom. The van der Waals surface area contributed by atoms with Crippen LogP contribution in [0.4, 0.5) is 5.69 Å². The van der Waals surface area contributed by atoms with E-state index in [1.165, 1.54) is 0 Å². The average molecular weight is 277 g/mol. The van der Waals surface area contributed by atoms with Crippen molar-refractivity contribution in [2.24, 2.45) is 10.7 Å². The molecule has 0 bridgehead atoms. The minimum Gasteiger partial charge on any atom is -0.386 e. The Hall–Kier alpha value is -1.81. The van der Waals surface area contributed by atoms with Gasteiger partial charge in [0.25, 0.3) is 0 Å². The molecule has 0 amide bonds. The summed E-state index contributed by atoms with van der Waals surface area (Å²) in [6.45, 7) is 4.25. The van der Waals surface area contributed by atoms with E-state index < -0.39 is 0 Å². The largest absolute Gasteiger partial charge is 0.386 e. The van der Waals surface area contributed by atoms with Crippen LogP contribution < -0.4 is 5.73 Å². The molecule has 0 aliphatic carbocycles. The average Bonchev–Trinajstić information content (AvgIpc) is 2.89. The zero-order valence-corrected chi connectivity index (χ0v) is 11.8. The van der Waals surface area contributed by atoms with E-state index >= 15 is 0 Å². The summed E-state index contributed by atoms with van der Waals surface area (Å²) in [4.78, 5) is 8.57. The summed E-state index contributed by atoms with van der Waals surface area (Å²) in [5.41, 5.74) is 7.46. The lowest BCUT2D eigenvalue weighted by molar-refractivity contribution is 0.752. The van der Waals surface area contributed by atoms with E-state index in [1.54, 1.807) is 0 Å². The number of nitrogens with two attached hydrogens (primary N) is 1. The minimum absolute atomic E-state index is 0.237. The van der Waals surface area contributed by atoms with Crippen LogP contribution in [0, 0.1) is 0 Å². The number of nitrogens with zero attached hydrogens (tertiary/aromatic N) is 3. The standard InChI is InChI=1S/C14H17ClN4/c1-10(2)14-17-7-8-19(14)12-5-3-11(4-6-12)18-13(16)9-15/h3-8,10H,9H2,1-2H3,(H2,16,18). The molecule has 2 aromatic rings. The molecule has 0 saturated carbocycles. The van der Waals surface area contributed by atoms with Crippen molar-refractivity contribution < 1.29 is 0 Å². The van der Waals surface area contributed by atoms with E-state index in [0.717, 1.165) is 17.2 Å². The SMILES string of the molecule is CC(C)c1nccn1-c1ccc(N=C(N)CCl)cc1. The predicted molar refractivity (Wildman–Crippen MR) is 79.7 cm³/mol. The molecule has 0 unspecified atom stereocenters. The summed E-state index contributed by atoms with van der Waals surface area (Å²) in [6, 6.07) is 7.82. The Morgan fingerprint density at radius 3 is 2.63 bits per heavy atom. The van der Waals surface area contributed by atoms with Crippen LogP contribution in [-0.2, 0) is 0 Å². The van der Waals surface area contributed by atoms with Gasteiger partial charge in [0.15, 0.2) is 0 Å². The fourth-order valence-electron chi connectivity index (χ4n) is 1.84. The molecule has 100 valence electrons. The van der Waals surface area contributed by atoms with Gasteiger partial charge in [-0.25, -0.2) is 9.98 Å². The number of benzene rings is 1. The summed E-state index contributed by atoms with van der Waals surface area (Å²) in [6.07, 6.45) is 3.77. The molecular weight excluding hydrogens is 260 g/mol. The van der Waals surface area contributed by atoms with Gasteiger partial charge in [-0.3, -0.25) is 0 Å². The van der Waals surface area contributed by atoms with Gasteiger partial charge >= 0.3 is 0 Å². The number of halogens is 1. The van der Waals surface area contributed by atoms with Crippen molar-refractivity contribution >= 4 is 23.1 Å². The fourth-order valence-corrected chi connectivity index (χ4v) is 1.90. The number of hydrogen-bond donors (Lipinski definition) is 1. The van der Waals surface area contributed by atoms with Gasteiger partial charge in [-0.15, -0.1) is 11.6 Å². The maximum Gasteiger partial charge on any atom is 0.115 e. The molecular formula is C14H17ClN4. The van der Waals surface area contributed by atoms with Crippen LogP contribution in [0.25, 0.3) is 5.69 Å². The first-order valence-corrected chi connectivity index (χ1v) is 6.68. The van der Waals surface area contributed by atoms with E-state index in [1.807, 2.05) is 36.7 Å². The molecule has 1 aromatic heterocycles. The molecule has 0 fully saturated rings. The fraction of sp³-hybridized carbons (Fsp3) is 0.286. The second-order valence-electron chi connectivity index (χ2n) is 4.56. The van der Waals surface area contributed by atoms with E-state index in [9.17, 15) is 0 Å². The van der Waals surface area contributed by atoms with Crippen LogP contribution >= 0.6 is 11.6 Å². The summed E-state index contributed by atoms with van der Waals surface area (Å²) in [5.74, 6) is 2.07. The molecule has 5 heteroatoms. The molecule has 4 nitrogen and oxygen atoms in total. The summed E-state index contributed by atoms with van der Waals surface area (Å²) in [5, 5.41) is 0.